The Bertz CT molecular complexity index is 178. The maximum absolute atomic E-state index is 10.5. The topological polar surface area (TPSA) is 61.6 Å². The first-order chi connectivity index (χ1) is 7.15. The smallest absolute Gasteiger partial charge is 0.209 e. The Morgan fingerprint density at radius 1 is 1.60 bits per heavy atom. The van der Waals surface area contributed by atoms with Crippen LogP contribution in [0.1, 0.15) is 19.8 Å². The molecule has 0 saturated heterocycles. The van der Waals surface area contributed by atoms with Crippen molar-refractivity contribution < 1.29 is 14.0 Å². The molecular weight excluding hydrogens is 255 g/mol. The second-order valence-electron chi connectivity index (χ2n) is 3.17. The minimum Gasteiger partial charge on any atom is -0.363 e. The van der Waals surface area contributed by atoms with Crippen molar-refractivity contribution in [3.8, 4) is 0 Å². The average Bonchev–Trinajstić information content (AvgIpc) is 2.16. The van der Waals surface area contributed by atoms with Crippen LogP contribution < -0.4 is 0 Å². The van der Waals surface area contributed by atoms with E-state index in [0.717, 1.165) is 12.8 Å². The van der Waals surface area contributed by atoms with Crippen LogP contribution in [0.25, 0.3) is 0 Å². The number of nitro groups is 1. The molecule has 0 aromatic rings. The lowest BCUT2D eigenvalue weighted by Crippen LogP contribution is -2.31. The van der Waals surface area contributed by atoms with E-state index in [4.69, 9.17) is 9.05 Å². The summed E-state index contributed by atoms with van der Waals surface area (Å²) in [5, 5.41) is 10.5. The van der Waals surface area contributed by atoms with Gasteiger partial charge in [-0.2, -0.15) is 0 Å². The van der Waals surface area contributed by atoms with Gasteiger partial charge in [0.15, 0.2) is 0 Å². The minimum atomic E-state index is -0.286. The van der Waals surface area contributed by atoms with Crippen LogP contribution in [0.15, 0.2) is 0 Å². The van der Waals surface area contributed by atoms with Crippen molar-refractivity contribution in [2.75, 3.05) is 13.2 Å². The highest BCUT2D eigenvalue weighted by molar-refractivity contribution is 8.00. The zero-order valence-corrected chi connectivity index (χ0v) is 12.0. The summed E-state index contributed by atoms with van der Waals surface area (Å²) in [6, 6.07) is 0. The van der Waals surface area contributed by atoms with Gasteiger partial charge in [-0.15, -0.1) is 0 Å². The maximum Gasteiger partial charge on any atom is 0.209 e. The van der Waals surface area contributed by atoms with Gasteiger partial charge in [-0.1, -0.05) is 22.3 Å². The minimum absolute atomic E-state index is 0.0539. The van der Waals surface area contributed by atoms with Crippen LogP contribution >= 0.6 is 26.9 Å². The van der Waals surface area contributed by atoms with Crippen LogP contribution in [0.5, 0.6) is 0 Å². The molecule has 0 bridgehead atoms. The molecule has 0 spiro atoms. The van der Waals surface area contributed by atoms with Crippen molar-refractivity contribution >= 4 is 26.9 Å². The molecule has 5 atom stereocenters. The van der Waals surface area contributed by atoms with Gasteiger partial charge >= 0.3 is 0 Å². The molecule has 0 aromatic carbocycles. The van der Waals surface area contributed by atoms with E-state index < -0.39 is 0 Å². The Balaban J connectivity index is 4.28. The SMILES string of the molecule is CCCC(C[N+](=O)[O-])C(COP)OPP. The molecule has 5 unspecified atom stereocenters. The molecule has 0 aliphatic carbocycles. The van der Waals surface area contributed by atoms with Crippen molar-refractivity contribution in [1.82, 2.24) is 0 Å². The summed E-state index contributed by atoms with van der Waals surface area (Å²) in [6.45, 7) is 2.33. The number of nitrogens with zero attached hydrogens (tertiary/aromatic N) is 1. The summed E-state index contributed by atoms with van der Waals surface area (Å²) in [4.78, 5) is 10.2. The van der Waals surface area contributed by atoms with Gasteiger partial charge in [-0.05, 0) is 6.42 Å². The molecule has 0 saturated carbocycles. The van der Waals surface area contributed by atoms with Gasteiger partial charge in [-0.25, -0.2) is 0 Å². The van der Waals surface area contributed by atoms with E-state index >= 15 is 0 Å². The van der Waals surface area contributed by atoms with E-state index in [-0.39, 0.29) is 32.0 Å². The second kappa shape index (κ2) is 9.81. The number of hydrogen-bond acceptors (Lipinski definition) is 4. The van der Waals surface area contributed by atoms with Crippen LogP contribution in [-0.2, 0) is 9.05 Å². The first-order valence-corrected chi connectivity index (χ1v) is 7.89. The molecule has 15 heavy (non-hydrogen) atoms. The highest BCUT2D eigenvalue weighted by atomic mass is 32.0. The van der Waals surface area contributed by atoms with Crippen molar-refractivity contribution in [3.05, 3.63) is 10.1 Å². The first kappa shape index (κ1) is 15.6. The summed E-state index contributed by atoms with van der Waals surface area (Å²) in [6.07, 6.45) is 1.51. The van der Waals surface area contributed by atoms with Gasteiger partial charge in [0.05, 0.1) is 18.6 Å². The van der Waals surface area contributed by atoms with Gasteiger partial charge in [0, 0.05) is 22.9 Å². The Morgan fingerprint density at radius 3 is 2.67 bits per heavy atom. The molecule has 0 amide bonds. The third kappa shape index (κ3) is 7.49. The molecule has 0 aliphatic heterocycles. The number of rotatable bonds is 9. The van der Waals surface area contributed by atoms with E-state index in [0.29, 0.717) is 6.61 Å². The first-order valence-electron chi connectivity index (χ1n) is 4.70. The average molecular weight is 273 g/mol. The molecule has 8 heteroatoms. The molecule has 0 aliphatic rings. The Kier molecular flexibility index (Phi) is 10.2. The quantitative estimate of drug-likeness (QED) is 0.367. The normalized spacial score (nSPS) is 15.7. The van der Waals surface area contributed by atoms with Crippen molar-refractivity contribution in [2.45, 2.75) is 25.9 Å². The summed E-state index contributed by atoms with van der Waals surface area (Å²) in [5.41, 5.74) is 0. The Labute approximate surface area is 96.5 Å². The van der Waals surface area contributed by atoms with E-state index in [1.54, 1.807) is 0 Å². The van der Waals surface area contributed by atoms with Crippen molar-refractivity contribution in [3.63, 3.8) is 0 Å². The van der Waals surface area contributed by atoms with Crippen molar-refractivity contribution in [2.24, 2.45) is 5.92 Å². The molecule has 0 N–H and O–H groups in total. The van der Waals surface area contributed by atoms with Gasteiger partial charge in [-0.3, -0.25) is 10.1 Å². The number of hydrogen-bond donors (Lipinski definition) is 0. The second-order valence-corrected chi connectivity index (χ2v) is 4.68. The van der Waals surface area contributed by atoms with Crippen LogP contribution in [0.2, 0.25) is 0 Å². The summed E-state index contributed by atoms with van der Waals surface area (Å²) >= 11 is 0. The maximum atomic E-state index is 10.5. The van der Waals surface area contributed by atoms with E-state index in [1.165, 1.54) is 0 Å². The molecule has 0 radical (unpaired) electrons. The Morgan fingerprint density at radius 2 is 2.27 bits per heavy atom. The molecule has 0 fully saturated rings. The lowest BCUT2D eigenvalue weighted by Gasteiger charge is -2.22. The van der Waals surface area contributed by atoms with E-state index in [2.05, 4.69) is 18.4 Å². The standard InChI is InChI=1S/C7H18NO4P3/c1-2-3-6(4-8(9)10)7(5-11-13)12-15-14/h6-7,15H,2-5,13-14H2,1H3. The molecule has 0 heterocycles. The monoisotopic (exact) mass is 273 g/mol. The van der Waals surface area contributed by atoms with Gasteiger partial charge in [0.25, 0.3) is 0 Å². The largest absolute Gasteiger partial charge is 0.363 e. The zero-order valence-electron chi connectivity index (χ0n) is 8.72. The predicted octanol–water partition coefficient (Wildman–Crippen LogP) is 2.25. The van der Waals surface area contributed by atoms with Crippen molar-refractivity contribution in [1.29, 1.82) is 0 Å². The third-order valence-electron chi connectivity index (χ3n) is 2.05. The molecule has 5 nitrogen and oxygen atoms in total. The van der Waals surface area contributed by atoms with E-state index in [1.807, 2.05) is 6.92 Å². The lowest BCUT2D eigenvalue weighted by atomic mass is 9.98. The van der Waals surface area contributed by atoms with Crippen LogP contribution in [0.3, 0.4) is 0 Å². The fourth-order valence-corrected chi connectivity index (χ4v) is 2.55. The fraction of sp³-hybridized carbons (Fsp3) is 1.00. The summed E-state index contributed by atoms with van der Waals surface area (Å²) < 4.78 is 10.4. The molecule has 0 rings (SSSR count). The van der Waals surface area contributed by atoms with Gasteiger partial charge < -0.3 is 9.05 Å². The molecular formula is C7H18NO4P3. The highest BCUT2D eigenvalue weighted by Gasteiger charge is 2.26. The van der Waals surface area contributed by atoms with Crippen LogP contribution in [-0.4, -0.2) is 24.2 Å². The van der Waals surface area contributed by atoms with Crippen LogP contribution in [0, 0.1) is 16.0 Å². The van der Waals surface area contributed by atoms with Gasteiger partial charge in [0.2, 0.25) is 6.54 Å². The van der Waals surface area contributed by atoms with Gasteiger partial charge in [0.1, 0.15) is 0 Å². The molecule has 90 valence electrons. The summed E-state index contributed by atoms with van der Waals surface area (Å²) in [7, 11) is 4.87. The Hall–Kier alpha value is 0.610. The van der Waals surface area contributed by atoms with E-state index in [9.17, 15) is 10.1 Å². The molecule has 0 aromatic heterocycles. The third-order valence-corrected chi connectivity index (χ3v) is 3.09. The lowest BCUT2D eigenvalue weighted by molar-refractivity contribution is -0.490. The zero-order chi connectivity index (χ0) is 11.7. The highest BCUT2D eigenvalue weighted by Crippen LogP contribution is 2.29. The fourth-order valence-electron chi connectivity index (χ4n) is 1.41. The predicted molar refractivity (Wildman–Crippen MR) is 68.8 cm³/mol. The summed E-state index contributed by atoms with van der Waals surface area (Å²) in [5.74, 6) is -0.0707. The van der Waals surface area contributed by atoms with Crippen LogP contribution in [0.4, 0.5) is 0 Å².